The molecule has 1 saturated heterocycles. The van der Waals surface area contributed by atoms with Crippen LogP contribution in [0, 0.1) is 6.92 Å². The third-order valence-electron chi connectivity index (χ3n) is 4.02. The highest BCUT2D eigenvalue weighted by Gasteiger charge is 2.44. The van der Waals surface area contributed by atoms with E-state index in [1.165, 1.54) is 4.90 Å². The van der Waals surface area contributed by atoms with Crippen molar-refractivity contribution in [3.05, 3.63) is 34.3 Å². The van der Waals surface area contributed by atoms with E-state index in [0.717, 1.165) is 18.4 Å². The predicted octanol–water partition coefficient (Wildman–Crippen LogP) is 3.12. The van der Waals surface area contributed by atoms with Crippen molar-refractivity contribution in [2.75, 3.05) is 6.54 Å². The van der Waals surface area contributed by atoms with E-state index in [4.69, 9.17) is 11.6 Å². The van der Waals surface area contributed by atoms with Gasteiger partial charge < -0.3 is 10.0 Å². The summed E-state index contributed by atoms with van der Waals surface area (Å²) in [7, 11) is 0. The van der Waals surface area contributed by atoms with E-state index in [0.29, 0.717) is 23.6 Å². The van der Waals surface area contributed by atoms with Crippen LogP contribution >= 0.6 is 11.6 Å². The van der Waals surface area contributed by atoms with Gasteiger partial charge in [-0.05, 0) is 44.7 Å². The molecule has 4 nitrogen and oxygen atoms in total. The minimum Gasteiger partial charge on any atom is -0.480 e. The molecule has 1 aromatic rings. The number of hydrogen-bond acceptors (Lipinski definition) is 2. The molecule has 2 rings (SSSR count). The maximum atomic E-state index is 12.7. The van der Waals surface area contributed by atoms with Gasteiger partial charge >= 0.3 is 5.97 Å². The number of aryl methyl sites for hydroxylation is 1. The molecule has 0 radical (unpaired) electrons. The number of aliphatic carboxylic acids is 1. The van der Waals surface area contributed by atoms with E-state index in [1.54, 1.807) is 19.1 Å². The first-order chi connectivity index (χ1) is 9.38. The molecule has 0 aliphatic carbocycles. The monoisotopic (exact) mass is 295 g/mol. The molecule has 20 heavy (non-hydrogen) atoms. The Balaban J connectivity index is 2.40. The molecule has 1 aliphatic rings. The molecule has 1 amide bonds. The maximum Gasteiger partial charge on any atom is 0.329 e. The van der Waals surface area contributed by atoms with Crippen molar-refractivity contribution in [2.45, 2.75) is 38.6 Å². The number of carbonyl (C=O) groups is 2. The van der Waals surface area contributed by atoms with Crippen LogP contribution < -0.4 is 0 Å². The highest BCUT2D eigenvalue weighted by atomic mass is 35.5. The minimum atomic E-state index is -1.15. The van der Waals surface area contributed by atoms with Crippen molar-refractivity contribution in [2.24, 2.45) is 0 Å². The molecule has 1 N–H and O–H groups in total. The van der Waals surface area contributed by atoms with E-state index in [-0.39, 0.29) is 5.91 Å². The van der Waals surface area contributed by atoms with Gasteiger partial charge in [0.25, 0.3) is 5.91 Å². The van der Waals surface area contributed by atoms with Crippen molar-refractivity contribution in [1.82, 2.24) is 4.90 Å². The van der Waals surface area contributed by atoms with E-state index in [2.05, 4.69) is 0 Å². The molecule has 1 heterocycles. The number of nitrogens with zero attached hydrogens (tertiary/aromatic N) is 1. The fourth-order valence-corrected chi connectivity index (χ4v) is 2.83. The van der Waals surface area contributed by atoms with Gasteiger partial charge in [0.2, 0.25) is 0 Å². The molecular formula is C15H18ClNO3. The van der Waals surface area contributed by atoms with E-state index in [9.17, 15) is 14.7 Å². The Morgan fingerprint density at radius 2 is 2.05 bits per heavy atom. The number of rotatable bonds is 2. The molecule has 0 bridgehead atoms. The average molecular weight is 296 g/mol. The maximum absolute atomic E-state index is 12.7. The Hall–Kier alpha value is -1.55. The molecule has 1 atom stereocenters. The third kappa shape index (κ3) is 2.40. The molecule has 0 spiro atoms. The lowest BCUT2D eigenvalue weighted by molar-refractivity contribution is -0.150. The SMILES string of the molecule is Cc1cccc(C(=O)N2CCCCC2(C)C(=O)O)c1Cl. The quantitative estimate of drug-likeness (QED) is 0.912. The van der Waals surface area contributed by atoms with Crippen LogP contribution in [-0.4, -0.2) is 34.0 Å². The Morgan fingerprint density at radius 3 is 2.70 bits per heavy atom. The summed E-state index contributed by atoms with van der Waals surface area (Å²) < 4.78 is 0. The standard InChI is InChI=1S/C15H18ClNO3/c1-10-6-5-7-11(12(10)16)13(18)17-9-4-3-8-15(17,2)14(19)20/h5-7H,3-4,8-9H2,1-2H3,(H,19,20). The van der Waals surface area contributed by atoms with Gasteiger partial charge in [0.15, 0.2) is 0 Å². The van der Waals surface area contributed by atoms with Crippen LogP contribution in [0.2, 0.25) is 5.02 Å². The first-order valence-corrected chi connectivity index (χ1v) is 7.06. The normalized spacial score (nSPS) is 22.6. The Labute approximate surface area is 123 Å². The van der Waals surface area contributed by atoms with Gasteiger partial charge in [0.1, 0.15) is 5.54 Å². The summed E-state index contributed by atoms with van der Waals surface area (Å²) in [6, 6.07) is 5.23. The van der Waals surface area contributed by atoms with Crippen molar-refractivity contribution in [3.63, 3.8) is 0 Å². The van der Waals surface area contributed by atoms with Gasteiger partial charge in [-0.2, -0.15) is 0 Å². The first-order valence-electron chi connectivity index (χ1n) is 6.68. The zero-order valence-corrected chi connectivity index (χ0v) is 12.4. The van der Waals surface area contributed by atoms with Gasteiger partial charge in [0, 0.05) is 6.54 Å². The lowest BCUT2D eigenvalue weighted by Crippen LogP contribution is -2.57. The van der Waals surface area contributed by atoms with E-state index < -0.39 is 11.5 Å². The molecule has 1 fully saturated rings. The second-order valence-electron chi connectivity index (χ2n) is 5.43. The molecule has 0 aromatic heterocycles. The second kappa shape index (κ2) is 5.44. The zero-order valence-electron chi connectivity index (χ0n) is 11.6. The first kappa shape index (κ1) is 14.9. The van der Waals surface area contributed by atoms with Crippen LogP contribution in [0.25, 0.3) is 0 Å². The van der Waals surface area contributed by atoms with Crippen molar-refractivity contribution in [1.29, 1.82) is 0 Å². The molecule has 0 saturated carbocycles. The van der Waals surface area contributed by atoms with Crippen molar-refractivity contribution < 1.29 is 14.7 Å². The second-order valence-corrected chi connectivity index (χ2v) is 5.81. The number of likely N-dealkylation sites (tertiary alicyclic amines) is 1. The molecule has 1 aromatic carbocycles. The number of hydrogen-bond donors (Lipinski definition) is 1. The number of halogens is 1. The number of carbonyl (C=O) groups excluding carboxylic acids is 1. The summed E-state index contributed by atoms with van der Waals surface area (Å²) in [6.45, 7) is 3.88. The number of carboxylic acids is 1. The molecule has 108 valence electrons. The van der Waals surface area contributed by atoms with Crippen LogP contribution in [0.3, 0.4) is 0 Å². The number of piperidine rings is 1. The Morgan fingerprint density at radius 1 is 1.35 bits per heavy atom. The fourth-order valence-electron chi connectivity index (χ4n) is 2.63. The number of carboxylic acid groups (broad SMARTS) is 1. The number of amides is 1. The Kier molecular flexibility index (Phi) is 4.04. The van der Waals surface area contributed by atoms with Crippen LogP contribution in [0.15, 0.2) is 18.2 Å². The largest absolute Gasteiger partial charge is 0.480 e. The highest BCUT2D eigenvalue weighted by Crippen LogP contribution is 2.31. The summed E-state index contributed by atoms with van der Waals surface area (Å²) in [5, 5.41) is 9.86. The summed E-state index contributed by atoms with van der Waals surface area (Å²) in [5.41, 5.74) is 0.0372. The molecule has 1 unspecified atom stereocenters. The van der Waals surface area contributed by atoms with Gasteiger partial charge in [0.05, 0.1) is 10.6 Å². The smallest absolute Gasteiger partial charge is 0.329 e. The van der Waals surface area contributed by atoms with Crippen molar-refractivity contribution in [3.8, 4) is 0 Å². The van der Waals surface area contributed by atoms with Crippen LogP contribution in [0.5, 0.6) is 0 Å². The lowest BCUT2D eigenvalue weighted by atomic mass is 9.87. The molecule has 5 heteroatoms. The van der Waals surface area contributed by atoms with Crippen molar-refractivity contribution >= 4 is 23.5 Å². The fraction of sp³-hybridized carbons (Fsp3) is 0.467. The minimum absolute atomic E-state index is 0.302. The Bertz CT molecular complexity index is 558. The van der Waals surface area contributed by atoms with Crippen LogP contribution in [0.4, 0.5) is 0 Å². The third-order valence-corrected chi connectivity index (χ3v) is 4.52. The zero-order chi connectivity index (χ0) is 14.9. The molecular weight excluding hydrogens is 278 g/mol. The van der Waals surface area contributed by atoms with E-state index >= 15 is 0 Å². The van der Waals surface area contributed by atoms with Gasteiger partial charge in [-0.15, -0.1) is 0 Å². The summed E-state index contributed by atoms with van der Waals surface area (Å²) in [4.78, 5) is 25.7. The lowest BCUT2D eigenvalue weighted by Gasteiger charge is -2.41. The predicted molar refractivity (Wildman–Crippen MR) is 77.1 cm³/mol. The van der Waals surface area contributed by atoms with E-state index in [1.807, 2.05) is 13.0 Å². The average Bonchev–Trinajstić information content (AvgIpc) is 2.41. The van der Waals surface area contributed by atoms with Crippen LogP contribution in [-0.2, 0) is 4.79 Å². The van der Waals surface area contributed by atoms with Gasteiger partial charge in [-0.1, -0.05) is 23.7 Å². The summed E-state index contributed by atoms with van der Waals surface area (Å²) >= 11 is 6.19. The highest BCUT2D eigenvalue weighted by molar-refractivity contribution is 6.34. The summed E-state index contributed by atoms with van der Waals surface area (Å²) in [5.74, 6) is -1.27. The van der Waals surface area contributed by atoms with Gasteiger partial charge in [-0.3, -0.25) is 4.79 Å². The topological polar surface area (TPSA) is 57.6 Å². The summed E-state index contributed by atoms with van der Waals surface area (Å²) in [6.07, 6.45) is 2.10. The molecule has 1 aliphatic heterocycles. The van der Waals surface area contributed by atoms with Gasteiger partial charge in [-0.25, -0.2) is 4.79 Å². The number of benzene rings is 1. The van der Waals surface area contributed by atoms with Crippen LogP contribution in [0.1, 0.15) is 42.1 Å².